The van der Waals surface area contributed by atoms with Gasteiger partial charge in [0.25, 0.3) is 0 Å². The number of hydrogen-bond acceptors (Lipinski definition) is 3. The monoisotopic (exact) mass is 372 g/mol. The van der Waals surface area contributed by atoms with Crippen LogP contribution >= 0.6 is 0 Å². The predicted molar refractivity (Wildman–Crippen MR) is 88.5 cm³/mol. The molecule has 1 unspecified atom stereocenters. The van der Waals surface area contributed by atoms with E-state index in [-0.39, 0.29) is 23.9 Å². The van der Waals surface area contributed by atoms with E-state index in [1.807, 2.05) is 0 Å². The summed E-state index contributed by atoms with van der Waals surface area (Å²) in [6, 6.07) is 3.33. The molecular weight excluding hydrogens is 349 g/mol. The average Bonchev–Trinajstić information content (AvgIpc) is 2.78. The lowest BCUT2D eigenvalue weighted by molar-refractivity contribution is -0.0506. The van der Waals surface area contributed by atoms with Gasteiger partial charge < -0.3 is 19.7 Å². The van der Waals surface area contributed by atoms with Crippen LogP contribution in [0.25, 0.3) is 0 Å². The molecule has 5 nitrogen and oxygen atoms in total. The van der Waals surface area contributed by atoms with Gasteiger partial charge >= 0.3 is 12.6 Å². The number of halogens is 3. The zero-order valence-electron chi connectivity index (χ0n) is 14.4. The fourth-order valence-corrected chi connectivity index (χ4v) is 3.41. The van der Waals surface area contributed by atoms with Gasteiger partial charge in [-0.15, -0.1) is 0 Å². The molecule has 1 aliphatic heterocycles. The highest BCUT2D eigenvalue weighted by Crippen LogP contribution is 2.34. The zero-order chi connectivity index (χ0) is 18.5. The predicted octanol–water partition coefficient (Wildman–Crippen LogP) is 3.39. The number of ether oxygens (including phenoxy) is 2. The Balaban J connectivity index is 1.61. The fraction of sp³-hybridized carbons (Fsp3) is 0.611. The van der Waals surface area contributed by atoms with E-state index in [1.54, 1.807) is 4.90 Å². The van der Waals surface area contributed by atoms with E-state index in [1.165, 1.54) is 18.6 Å². The number of amides is 2. The third-order valence-electron chi connectivity index (χ3n) is 5.10. The fourth-order valence-electron chi connectivity index (χ4n) is 3.41. The molecule has 1 saturated heterocycles. The van der Waals surface area contributed by atoms with Crippen LogP contribution in [-0.4, -0.2) is 43.8 Å². The zero-order valence-corrected chi connectivity index (χ0v) is 14.4. The summed E-state index contributed by atoms with van der Waals surface area (Å²) in [5.74, 6) is -0.0777. The molecule has 2 amide bonds. The highest BCUT2D eigenvalue weighted by Gasteiger charge is 2.32. The molecule has 8 heteroatoms. The van der Waals surface area contributed by atoms with Crippen molar-refractivity contribution in [3.05, 3.63) is 29.6 Å². The topological polar surface area (TPSA) is 50.8 Å². The number of carbonyl (C=O) groups is 1. The Morgan fingerprint density at radius 3 is 2.85 bits per heavy atom. The Morgan fingerprint density at radius 2 is 2.15 bits per heavy atom. The summed E-state index contributed by atoms with van der Waals surface area (Å²) >= 11 is 0. The first-order chi connectivity index (χ1) is 12.5. The lowest BCUT2D eigenvalue weighted by Crippen LogP contribution is -2.44. The lowest BCUT2D eigenvalue weighted by atomic mass is 9.76. The third kappa shape index (κ3) is 4.60. The van der Waals surface area contributed by atoms with Crippen LogP contribution in [0.2, 0.25) is 0 Å². The van der Waals surface area contributed by atoms with E-state index in [9.17, 15) is 18.0 Å². The van der Waals surface area contributed by atoms with Crippen molar-refractivity contribution in [2.24, 2.45) is 11.8 Å². The van der Waals surface area contributed by atoms with Crippen LogP contribution in [0.1, 0.15) is 24.8 Å². The number of carbonyl (C=O) groups excluding carboxylic acids is 1. The molecule has 1 aromatic carbocycles. The number of rotatable bonds is 5. The lowest BCUT2D eigenvalue weighted by Gasteiger charge is -2.34. The Labute approximate surface area is 150 Å². The average molecular weight is 372 g/mol. The maximum atomic E-state index is 14.0. The van der Waals surface area contributed by atoms with Gasteiger partial charge in [-0.1, -0.05) is 25.3 Å². The number of urea groups is 1. The van der Waals surface area contributed by atoms with Gasteiger partial charge in [0.15, 0.2) is 0 Å². The molecule has 26 heavy (non-hydrogen) atoms. The summed E-state index contributed by atoms with van der Waals surface area (Å²) in [7, 11) is 0. The molecule has 2 aliphatic rings. The number of nitrogens with zero attached hydrogens (tertiary/aromatic N) is 1. The summed E-state index contributed by atoms with van der Waals surface area (Å²) in [6.07, 6.45) is 3.54. The molecular formula is C18H23F3N2O3. The van der Waals surface area contributed by atoms with Crippen molar-refractivity contribution in [3.8, 4) is 5.75 Å². The van der Waals surface area contributed by atoms with E-state index in [4.69, 9.17) is 4.74 Å². The smallest absolute Gasteiger partial charge is 0.387 e. The second kappa shape index (κ2) is 8.62. The molecule has 1 aliphatic carbocycles. The van der Waals surface area contributed by atoms with Crippen LogP contribution in [0.5, 0.6) is 5.75 Å². The van der Waals surface area contributed by atoms with Crippen LogP contribution in [0.3, 0.4) is 0 Å². The van der Waals surface area contributed by atoms with E-state index in [0.29, 0.717) is 38.1 Å². The van der Waals surface area contributed by atoms with E-state index in [0.717, 1.165) is 18.9 Å². The Hall–Kier alpha value is -1.96. The minimum absolute atomic E-state index is 0.0947. The summed E-state index contributed by atoms with van der Waals surface area (Å²) in [4.78, 5) is 14.1. The summed E-state index contributed by atoms with van der Waals surface area (Å²) < 4.78 is 48.9. The molecule has 144 valence electrons. The van der Waals surface area contributed by atoms with Crippen molar-refractivity contribution in [1.82, 2.24) is 10.2 Å². The quantitative estimate of drug-likeness (QED) is 0.862. The van der Waals surface area contributed by atoms with Gasteiger partial charge in [-0.2, -0.15) is 8.78 Å². The van der Waals surface area contributed by atoms with Gasteiger partial charge in [-0.05, 0) is 18.1 Å². The van der Waals surface area contributed by atoms with Gasteiger partial charge in [-0.25, -0.2) is 9.18 Å². The first-order valence-electron chi connectivity index (χ1n) is 8.87. The molecule has 2 fully saturated rings. The number of nitrogens with one attached hydrogen (secondary N) is 1. The van der Waals surface area contributed by atoms with Gasteiger partial charge in [-0.3, -0.25) is 0 Å². The first kappa shape index (κ1) is 18.8. The number of benzene rings is 1. The van der Waals surface area contributed by atoms with E-state index >= 15 is 0 Å². The van der Waals surface area contributed by atoms with Crippen molar-refractivity contribution in [1.29, 1.82) is 0 Å². The van der Waals surface area contributed by atoms with Crippen LogP contribution < -0.4 is 10.1 Å². The molecule has 1 aromatic rings. The van der Waals surface area contributed by atoms with Crippen LogP contribution in [0.15, 0.2) is 18.2 Å². The molecule has 0 radical (unpaired) electrons. The summed E-state index contributed by atoms with van der Waals surface area (Å²) in [5, 5.41) is 2.61. The highest BCUT2D eigenvalue weighted by molar-refractivity contribution is 5.74. The van der Waals surface area contributed by atoms with Crippen molar-refractivity contribution < 1.29 is 27.4 Å². The SMILES string of the molecule is O=C(NCc1c(F)cccc1OC(F)F)N1CCOCC(C2CCC2)C1. The van der Waals surface area contributed by atoms with Crippen molar-refractivity contribution in [2.75, 3.05) is 26.3 Å². The Morgan fingerprint density at radius 1 is 1.35 bits per heavy atom. The molecule has 1 saturated carbocycles. The summed E-state index contributed by atoms with van der Waals surface area (Å²) in [6.45, 7) is -1.14. The number of hydrogen-bond donors (Lipinski definition) is 1. The Kier molecular flexibility index (Phi) is 6.24. The maximum Gasteiger partial charge on any atom is 0.387 e. The minimum Gasteiger partial charge on any atom is -0.434 e. The molecule has 1 N–H and O–H groups in total. The van der Waals surface area contributed by atoms with Crippen molar-refractivity contribution in [2.45, 2.75) is 32.4 Å². The largest absolute Gasteiger partial charge is 0.434 e. The Bertz CT molecular complexity index is 626. The first-order valence-corrected chi connectivity index (χ1v) is 8.87. The number of alkyl halides is 2. The van der Waals surface area contributed by atoms with Gasteiger partial charge in [0, 0.05) is 24.6 Å². The maximum absolute atomic E-state index is 14.0. The molecule has 3 rings (SSSR count). The van der Waals surface area contributed by atoms with Crippen molar-refractivity contribution in [3.63, 3.8) is 0 Å². The third-order valence-corrected chi connectivity index (χ3v) is 5.10. The molecule has 1 heterocycles. The molecule has 0 spiro atoms. The van der Waals surface area contributed by atoms with Crippen LogP contribution in [0, 0.1) is 17.7 Å². The van der Waals surface area contributed by atoms with Gasteiger partial charge in [0.05, 0.1) is 19.8 Å². The van der Waals surface area contributed by atoms with Gasteiger partial charge in [0.2, 0.25) is 0 Å². The van der Waals surface area contributed by atoms with E-state index < -0.39 is 12.4 Å². The second-order valence-corrected chi connectivity index (χ2v) is 6.73. The molecule has 0 bridgehead atoms. The second-order valence-electron chi connectivity index (χ2n) is 6.73. The normalized spacial score (nSPS) is 21.2. The molecule has 0 aromatic heterocycles. The van der Waals surface area contributed by atoms with E-state index in [2.05, 4.69) is 10.1 Å². The highest BCUT2D eigenvalue weighted by atomic mass is 19.3. The van der Waals surface area contributed by atoms with Crippen LogP contribution in [0.4, 0.5) is 18.0 Å². The standard InChI is InChI=1S/C18H23F3N2O3/c19-15-5-2-6-16(26-17(20)21)14(15)9-22-18(24)23-7-8-25-11-13(10-23)12-3-1-4-12/h2,5-6,12-13,17H,1,3-4,7-11H2,(H,22,24). The van der Waals surface area contributed by atoms with Crippen LogP contribution in [-0.2, 0) is 11.3 Å². The van der Waals surface area contributed by atoms with Gasteiger partial charge in [0.1, 0.15) is 11.6 Å². The minimum atomic E-state index is -3.06. The van der Waals surface area contributed by atoms with Crippen molar-refractivity contribution >= 4 is 6.03 Å². The summed E-state index contributed by atoms with van der Waals surface area (Å²) in [5.41, 5.74) is -0.0947. The molecule has 1 atom stereocenters.